The molecule has 0 fully saturated rings. The van der Waals surface area contributed by atoms with Gasteiger partial charge in [0.25, 0.3) is 0 Å². The average Bonchev–Trinajstić information content (AvgIpc) is 3.56. The molecule has 33 heavy (non-hydrogen) atoms. The first-order valence-corrected chi connectivity index (χ1v) is 13.6. The summed E-state index contributed by atoms with van der Waals surface area (Å²) >= 11 is 5.16. The summed E-state index contributed by atoms with van der Waals surface area (Å²) in [4.78, 5) is 6.15. The maximum atomic E-state index is 4.86. The van der Waals surface area contributed by atoms with E-state index in [1.54, 1.807) is 34.4 Å². The first-order valence-electron chi connectivity index (χ1n) is 10.9. The molecule has 5 rings (SSSR count). The van der Waals surface area contributed by atoms with Crippen molar-refractivity contribution >= 4 is 34.4 Å². The lowest BCUT2D eigenvalue weighted by molar-refractivity contribution is 0.687. The number of rotatable bonds is 7. The smallest absolute Gasteiger partial charge is 0.191 e. The Morgan fingerprint density at radius 3 is 2.52 bits per heavy atom. The molecule has 0 spiro atoms. The van der Waals surface area contributed by atoms with Crippen molar-refractivity contribution in [1.82, 2.24) is 19.7 Å². The molecule has 2 aromatic carbocycles. The molecule has 0 saturated carbocycles. The summed E-state index contributed by atoms with van der Waals surface area (Å²) in [6.45, 7) is 7.25. The van der Waals surface area contributed by atoms with Crippen molar-refractivity contribution in [1.29, 1.82) is 0 Å². The van der Waals surface area contributed by atoms with E-state index in [0.29, 0.717) is 0 Å². The van der Waals surface area contributed by atoms with Crippen LogP contribution in [0.2, 0.25) is 0 Å². The van der Waals surface area contributed by atoms with Gasteiger partial charge in [-0.3, -0.25) is 0 Å². The molecule has 7 heteroatoms. The predicted octanol–water partition coefficient (Wildman–Crippen LogP) is 7.73. The molecule has 0 atom stereocenters. The fourth-order valence-corrected chi connectivity index (χ4v) is 6.57. The number of hydrogen-bond donors (Lipinski definition) is 0. The van der Waals surface area contributed by atoms with E-state index in [9.17, 15) is 0 Å². The molecule has 0 unspecified atom stereocenters. The molecule has 3 heterocycles. The van der Waals surface area contributed by atoms with Crippen LogP contribution < -0.4 is 0 Å². The molecule has 0 aliphatic rings. The van der Waals surface area contributed by atoms with Gasteiger partial charge in [0, 0.05) is 44.6 Å². The highest BCUT2D eigenvalue weighted by molar-refractivity contribution is 7.98. The SMILES string of the molecule is CCn1c(SCc2csc(-c3cccc(C)c3)n2)nnc1-c1csc(C)c1-c1ccccc1. The summed E-state index contributed by atoms with van der Waals surface area (Å²) in [6, 6.07) is 19.0. The number of thioether (sulfide) groups is 1. The van der Waals surface area contributed by atoms with Gasteiger partial charge in [-0.25, -0.2) is 4.98 Å². The number of thiophene rings is 1. The van der Waals surface area contributed by atoms with Crippen molar-refractivity contribution in [3.63, 3.8) is 0 Å². The van der Waals surface area contributed by atoms with E-state index >= 15 is 0 Å². The first kappa shape index (κ1) is 22.1. The van der Waals surface area contributed by atoms with Crippen LogP contribution in [0.25, 0.3) is 33.1 Å². The van der Waals surface area contributed by atoms with Crippen LogP contribution in [0.4, 0.5) is 0 Å². The number of benzene rings is 2. The summed E-state index contributed by atoms with van der Waals surface area (Å²) < 4.78 is 2.21. The minimum absolute atomic E-state index is 0.772. The number of aryl methyl sites for hydroxylation is 2. The van der Waals surface area contributed by atoms with Gasteiger partial charge in [0.15, 0.2) is 11.0 Å². The van der Waals surface area contributed by atoms with Crippen LogP contribution in [0.15, 0.2) is 70.5 Å². The van der Waals surface area contributed by atoms with Crippen molar-refractivity contribution in [2.75, 3.05) is 0 Å². The van der Waals surface area contributed by atoms with Crippen molar-refractivity contribution in [2.24, 2.45) is 0 Å². The fraction of sp³-hybridized carbons (Fsp3) is 0.192. The van der Waals surface area contributed by atoms with E-state index in [2.05, 4.69) is 101 Å². The molecule has 5 aromatic rings. The Morgan fingerprint density at radius 2 is 1.73 bits per heavy atom. The molecule has 0 amide bonds. The summed E-state index contributed by atoms with van der Waals surface area (Å²) in [7, 11) is 0. The molecular formula is C26H24N4S3. The molecule has 0 aliphatic carbocycles. The van der Waals surface area contributed by atoms with Crippen molar-refractivity contribution in [2.45, 2.75) is 38.2 Å². The largest absolute Gasteiger partial charge is 0.302 e. The molecule has 0 aliphatic heterocycles. The topological polar surface area (TPSA) is 43.6 Å². The third-order valence-corrected chi connectivity index (χ3v) is 8.33. The van der Waals surface area contributed by atoms with Crippen molar-refractivity contribution in [3.8, 4) is 33.1 Å². The number of nitrogens with zero attached hydrogens (tertiary/aromatic N) is 4. The Labute approximate surface area is 206 Å². The lowest BCUT2D eigenvalue weighted by Crippen LogP contribution is -2.00. The van der Waals surface area contributed by atoms with E-state index in [4.69, 9.17) is 4.98 Å². The fourth-order valence-electron chi connectivity index (χ4n) is 3.89. The van der Waals surface area contributed by atoms with E-state index < -0.39 is 0 Å². The normalized spacial score (nSPS) is 11.2. The van der Waals surface area contributed by atoms with Gasteiger partial charge in [-0.1, -0.05) is 65.9 Å². The number of aromatic nitrogens is 4. The molecule has 0 N–H and O–H groups in total. The first-order chi connectivity index (χ1) is 16.1. The van der Waals surface area contributed by atoms with E-state index in [1.807, 2.05) is 0 Å². The summed E-state index contributed by atoms with van der Waals surface area (Å²) in [5.74, 6) is 1.70. The number of thiazole rings is 1. The Balaban J connectivity index is 1.39. The van der Waals surface area contributed by atoms with Crippen LogP contribution >= 0.6 is 34.4 Å². The molecule has 0 saturated heterocycles. The van der Waals surface area contributed by atoms with Gasteiger partial charge in [-0.15, -0.1) is 32.9 Å². The Kier molecular flexibility index (Phi) is 6.44. The zero-order valence-corrected chi connectivity index (χ0v) is 21.2. The minimum Gasteiger partial charge on any atom is -0.302 e. The Hall–Kier alpha value is -2.74. The van der Waals surface area contributed by atoms with E-state index in [1.165, 1.54) is 27.1 Å². The quantitative estimate of drug-likeness (QED) is 0.220. The molecule has 166 valence electrons. The van der Waals surface area contributed by atoms with Crippen molar-refractivity contribution in [3.05, 3.63) is 81.5 Å². The molecular weight excluding hydrogens is 465 g/mol. The lowest BCUT2D eigenvalue weighted by Gasteiger charge is -2.09. The molecule has 3 aromatic heterocycles. The summed E-state index contributed by atoms with van der Waals surface area (Å²) in [5, 5.41) is 15.5. The van der Waals surface area contributed by atoms with Crippen LogP contribution in [-0.2, 0) is 12.3 Å². The second-order valence-electron chi connectivity index (χ2n) is 7.80. The van der Waals surface area contributed by atoms with Crippen LogP contribution in [0.3, 0.4) is 0 Å². The van der Waals surface area contributed by atoms with Crippen LogP contribution in [-0.4, -0.2) is 19.7 Å². The lowest BCUT2D eigenvalue weighted by atomic mass is 10.0. The van der Waals surface area contributed by atoms with Gasteiger partial charge >= 0.3 is 0 Å². The monoisotopic (exact) mass is 488 g/mol. The second kappa shape index (κ2) is 9.63. The molecule has 4 nitrogen and oxygen atoms in total. The van der Waals surface area contributed by atoms with Gasteiger partial charge in [-0.2, -0.15) is 0 Å². The minimum atomic E-state index is 0.772. The van der Waals surface area contributed by atoms with Gasteiger partial charge in [0.05, 0.1) is 5.69 Å². The molecule has 0 radical (unpaired) electrons. The van der Waals surface area contributed by atoms with Crippen LogP contribution in [0.1, 0.15) is 23.1 Å². The third kappa shape index (κ3) is 4.53. The third-order valence-electron chi connectivity index (χ3n) is 5.48. The highest BCUT2D eigenvalue weighted by atomic mass is 32.2. The maximum Gasteiger partial charge on any atom is 0.191 e. The van der Waals surface area contributed by atoms with Crippen molar-refractivity contribution < 1.29 is 0 Å². The second-order valence-corrected chi connectivity index (χ2v) is 10.7. The standard InChI is InChI=1S/C26H24N4S3/c1-4-30-24(22-16-31-18(3)23(22)19-10-6-5-7-11-19)28-29-26(30)33-15-21-14-32-25(27-21)20-12-8-9-17(2)13-20/h5-14,16H,4,15H2,1-3H3. The van der Waals surface area contributed by atoms with E-state index in [0.717, 1.165) is 39.5 Å². The highest BCUT2D eigenvalue weighted by Crippen LogP contribution is 2.39. The number of hydrogen-bond acceptors (Lipinski definition) is 6. The molecule has 0 bridgehead atoms. The zero-order chi connectivity index (χ0) is 22.8. The predicted molar refractivity (Wildman–Crippen MR) is 141 cm³/mol. The summed E-state index contributed by atoms with van der Waals surface area (Å²) in [6.07, 6.45) is 0. The van der Waals surface area contributed by atoms with Crippen LogP contribution in [0, 0.1) is 13.8 Å². The van der Waals surface area contributed by atoms with Gasteiger partial charge in [0.2, 0.25) is 0 Å². The summed E-state index contributed by atoms with van der Waals surface area (Å²) in [5.41, 5.74) is 7.13. The highest BCUT2D eigenvalue weighted by Gasteiger charge is 2.20. The van der Waals surface area contributed by atoms with Gasteiger partial charge < -0.3 is 4.57 Å². The van der Waals surface area contributed by atoms with Gasteiger partial charge in [-0.05, 0) is 32.4 Å². The Bertz CT molecular complexity index is 1380. The van der Waals surface area contributed by atoms with Gasteiger partial charge in [0.1, 0.15) is 5.01 Å². The zero-order valence-electron chi connectivity index (χ0n) is 18.8. The Morgan fingerprint density at radius 1 is 0.909 bits per heavy atom. The average molecular weight is 489 g/mol. The maximum absolute atomic E-state index is 4.86. The van der Waals surface area contributed by atoms with Crippen LogP contribution in [0.5, 0.6) is 0 Å². The van der Waals surface area contributed by atoms with E-state index in [-0.39, 0.29) is 0 Å².